The Hall–Kier alpha value is -0.260. The van der Waals surface area contributed by atoms with Crippen molar-refractivity contribution in [2.24, 2.45) is 0 Å². The molecule has 1 fully saturated rings. The van der Waals surface area contributed by atoms with Crippen molar-refractivity contribution < 1.29 is 5.11 Å². The first kappa shape index (κ1) is 18.7. The van der Waals surface area contributed by atoms with Crippen LogP contribution in [0.25, 0.3) is 0 Å². The van der Waals surface area contributed by atoms with Gasteiger partial charge in [-0.3, -0.25) is 4.90 Å². The quantitative estimate of drug-likeness (QED) is 0.803. The molecule has 19 heavy (non-hydrogen) atoms. The summed E-state index contributed by atoms with van der Waals surface area (Å²) >= 11 is 3.35. The Morgan fingerprint density at radius 1 is 1.32 bits per heavy atom. The van der Waals surface area contributed by atoms with Gasteiger partial charge in [-0.15, -0.1) is 31.4 Å². The second-order valence-corrected chi connectivity index (χ2v) is 5.03. The molecule has 2 rings (SSSR count). The van der Waals surface area contributed by atoms with E-state index in [4.69, 9.17) is 0 Å². The predicted octanol–water partition coefficient (Wildman–Crippen LogP) is 3.13. The molecule has 108 valence electrons. The molecular weight excluding hydrogens is 351 g/mol. The lowest BCUT2D eigenvalue weighted by Crippen LogP contribution is -2.44. The third kappa shape index (κ3) is 4.65. The average molecular weight is 370 g/mol. The van der Waals surface area contributed by atoms with Gasteiger partial charge in [0.05, 0.1) is 10.5 Å². The van der Waals surface area contributed by atoms with Crippen LogP contribution in [0.2, 0.25) is 0 Å². The highest BCUT2D eigenvalue weighted by atomic mass is 79.9. The van der Waals surface area contributed by atoms with E-state index in [0.717, 1.165) is 36.2 Å². The summed E-state index contributed by atoms with van der Waals surface area (Å²) in [6.45, 7) is 8.01. The SMILES string of the molecule is C=C[C@H](c1ccc(O)c(Br)c1)N1CCNCC1.Cl.Cl. The molecule has 0 aromatic heterocycles. The van der Waals surface area contributed by atoms with Gasteiger partial charge in [-0.25, -0.2) is 0 Å². The van der Waals surface area contributed by atoms with Crippen molar-refractivity contribution in [1.29, 1.82) is 0 Å². The maximum atomic E-state index is 9.51. The molecule has 1 aromatic rings. The Morgan fingerprint density at radius 3 is 2.47 bits per heavy atom. The molecule has 0 radical (unpaired) electrons. The summed E-state index contributed by atoms with van der Waals surface area (Å²) in [6, 6.07) is 5.85. The normalized spacial score (nSPS) is 16.9. The summed E-state index contributed by atoms with van der Waals surface area (Å²) in [5.74, 6) is 0.275. The van der Waals surface area contributed by atoms with Gasteiger partial charge in [-0.2, -0.15) is 0 Å². The van der Waals surface area contributed by atoms with E-state index >= 15 is 0 Å². The fourth-order valence-electron chi connectivity index (χ4n) is 2.16. The van der Waals surface area contributed by atoms with Crippen LogP contribution in [-0.2, 0) is 0 Å². The Kier molecular flexibility index (Phi) is 8.70. The van der Waals surface area contributed by atoms with Crippen molar-refractivity contribution in [2.75, 3.05) is 26.2 Å². The minimum atomic E-state index is 0. The minimum absolute atomic E-state index is 0. The zero-order valence-electron chi connectivity index (χ0n) is 10.5. The van der Waals surface area contributed by atoms with Crippen LogP contribution in [0.3, 0.4) is 0 Å². The second-order valence-electron chi connectivity index (χ2n) is 4.18. The Labute approximate surface area is 135 Å². The summed E-state index contributed by atoms with van der Waals surface area (Å²) < 4.78 is 0.733. The maximum absolute atomic E-state index is 9.51. The van der Waals surface area contributed by atoms with E-state index in [1.807, 2.05) is 18.2 Å². The van der Waals surface area contributed by atoms with Crippen LogP contribution in [0.15, 0.2) is 35.3 Å². The fourth-order valence-corrected chi connectivity index (χ4v) is 2.56. The number of aromatic hydroxyl groups is 1. The van der Waals surface area contributed by atoms with Crippen molar-refractivity contribution in [3.8, 4) is 5.75 Å². The lowest BCUT2D eigenvalue weighted by molar-refractivity contribution is 0.203. The number of rotatable bonds is 3. The lowest BCUT2D eigenvalue weighted by atomic mass is 10.0. The largest absolute Gasteiger partial charge is 0.507 e. The smallest absolute Gasteiger partial charge is 0.129 e. The van der Waals surface area contributed by atoms with Crippen LogP contribution >= 0.6 is 40.7 Å². The highest BCUT2D eigenvalue weighted by Crippen LogP contribution is 2.30. The van der Waals surface area contributed by atoms with E-state index in [2.05, 4.69) is 32.7 Å². The van der Waals surface area contributed by atoms with Crippen LogP contribution in [0.4, 0.5) is 0 Å². The van der Waals surface area contributed by atoms with E-state index in [9.17, 15) is 5.11 Å². The molecule has 0 saturated carbocycles. The first-order valence-corrected chi connectivity index (χ1v) is 6.57. The first-order valence-electron chi connectivity index (χ1n) is 5.78. The van der Waals surface area contributed by atoms with Crippen molar-refractivity contribution in [1.82, 2.24) is 10.2 Å². The highest BCUT2D eigenvalue weighted by molar-refractivity contribution is 9.10. The molecule has 0 bridgehead atoms. The van der Waals surface area contributed by atoms with E-state index in [1.165, 1.54) is 0 Å². The predicted molar refractivity (Wildman–Crippen MR) is 87.7 cm³/mol. The molecule has 0 aliphatic carbocycles. The van der Waals surface area contributed by atoms with Crippen molar-refractivity contribution in [2.45, 2.75) is 6.04 Å². The topological polar surface area (TPSA) is 35.5 Å². The number of piperazine rings is 1. The summed E-state index contributed by atoms with van der Waals surface area (Å²) in [4.78, 5) is 2.39. The number of hydrogen-bond acceptors (Lipinski definition) is 3. The van der Waals surface area contributed by atoms with Gasteiger partial charge in [0, 0.05) is 26.2 Å². The average Bonchev–Trinajstić information content (AvgIpc) is 2.36. The molecule has 1 aliphatic rings. The highest BCUT2D eigenvalue weighted by Gasteiger charge is 2.19. The van der Waals surface area contributed by atoms with Gasteiger partial charge in [-0.05, 0) is 33.6 Å². The second kappa shape index (κ2) is 8.82. The van der Waals surface area contributed by atoms with Crippen LogP contribution < -0.4 is 5.32 Å². The van der Waals surface area contributed by atoms with Gasteiger partial charge in [0.2, 0.25) is 0 Å². The number of halogens is 3. The zero-order valence-corrected chi connectivity index (χ0v) is 13.7. The summed E-state index contributed by atoms with van der Waals surface area (Å²) in [5.41, 5.74) is 1.16. The van der Waals surface area contributed by atoms with Crippen LogP contribution in [-0.4, -0.2) is 36.2 Å². The van der Waals surface area contributed by atoms with Crippen LogP contribution in [0, 0.1) is 0 Å². The standard InChI is InChI=1S/C13H17BrN2O.2ClH/c1-2-12(16-7-5-15-6-8-16)10-3-4-13(17)11(14)9-10;;/h2-4,9,12,15,17H,1,5-8H2;2*1H/t12-;;/m1../s1. The fraction of sp³-hybridized carbons (Fsp3) is 0.385. The number of nitrogens with zero attached hydrogens (tertiary/aromatic N) is 1. The number of benzene rings is 1. The minimum Gasteiger partial charge on any atom is -0.507 e. The number of phenols is 1. The zero-order chi connectivity index (χ0) is 12.3. The molecule has 0 amide bonds. The summed E-state index contributed by atoms with van der Waals surface area (Å²) in [6.07, 6.45) is 1.96. The number of nitrogens with one attached hydrogen (secondary N) is 1. The van der Waals surface area contributed by atoms with Gasteiger partial charge < -0.3 is 10.4 Å². The monoisotopic (exact) mass is 368 g/mol. The van der Waals surface area contributed by atoms with Crippen LogP contribution in [0.1, 0.15) is 11.6 Å². The Morgan fingerprint density at radius 2 is 1.95 bits per heavy atom. The molecule has 0 spiro atoms. The molecule has 1 heterocycles. The first-order chi connectivity index (χ1) is 8.22. The van der Waals surface area contributed by atoms with E-state index in [1.54, 1.807) is 6.07 Å². The number of hydrogen-bond donors (Lipinski definition) is 2. The molecule has 1 aromatic carbocycles. The summed E-state index contributed by atoms with van der Waals surface area (Å²) in [5, 5.41) is 12.9. The number of phenolic OH excluding ortho intramolecular Hbond substituents is 1. The van der Waals surface area contributed by atoms with Gasteiger partial charge in [0.25, 0.3) is 0 Å². The summed E-state index contributed by atoms with van der Waals surface area (Å²) in [7, 11) is 0. The molecule has 1 atom stereocenters. The third-order valence-corrected chi connectivity index (χ3v) is 3.72. The Bertz CT molecular complexity index is 412. The van der Waals surface area contributed by atoms with Gasteiger partial charge in [0.1, 0.15) is 5.75 Å². The van der Waals surface area contributed by atoms with E-state index in [0.29, 0.717) is 0 Å². The van der Waals surface area contributed by atoms with Crippen molar-refractivity contribution in [3.05, 3.63) is 40.9 Å². The third-order valence-electron chi connectivity index (χ3n) is 3.08. The molecule has 1 saturated heterocycles. The van der Waals surface area contributed by atoms with Gasteiger partial charge in [-0.1, -0.05) is 12.1 Å². The molecular formula is C13H19BrCl2N2O. The molecule has 0 unspecified atom stereocenters. The Balaban J connectivity index is 0.00000162. The van der Waals surface area contributed by atoms with Crippen molar-refractivity contribution in [3.63, 3.8) is 0 Å². The lowest BCUT2D eigenvalue weighted by Gasteiger charge is -2.33. The molecule has 3 nitrogen and oxygen atoms in total. The van der Waals surface area contributed by atoms with E-state index < -0.39 is 0 Å². The van der Waals surface area contributed by atoms with Crippen molar-refractivity contribution >= 4 is 40.7 Å². The van der Waals surface area contributed by atoms with Gasteiger partial charge >= 0.3 is 0 Å². The molecule has 6 heteroatoms. The van der Waals surface area contributed by atoms with Gasteiger partial charge in [0.15, 0.2) is 0 Å². The van der Waals surface area contributed by atoms with Crippen LogP contribution in [0.5, 0.6) is 5.75 Å². The maximum Gasteiger partial charge on any atom is 0.129 e. The van der Waals surface area contributed by atoms with E-state index in [-0.39, 0.29) is 36.6 Å². The molecule has 2 N–H and O–H groups in total. The molecule has 1 aliphatic heterocycles.